The molecule has 10 nitrogen and oxygen atoms in total. The fraction of sp³-hybridized carbons (Fsp3) is 0.270. The topological polar surface area (TPSA) is 158 Å². The largest absolute Gasteiger partial charge is 0.490 e. The lowest BCUT2D eigenvalue weighted by Crippen LogP contribution is -2.49. The molecule has 2 atom stereocenters. The zero-order valence-corrected chi connectivity index (χ0v) is 28.3. The number of aliphatic carboxylic acids is 2. The van der Waals surface area contributed by atoms with Crippen molar-refractivity contribution >= 4 is 41.3 Å². The van der Waals surface area contributed by atoms with Crippen LogP contribution in [0.1, 0.15) is 42.9 Å². The number of carbonyl (C=O) groups excluding carboxylic acids is 2. The molecule has 4 rings (SSSR count). The van der Waals surface area contributed by atoms with Gasteiger partial charge in [-0.1, -0.05) is 91.0 Å². The van der Waals surface area contributed by atoms with Crippen LogP contribution in [0.3, 0.4) is 0 Å². The smallest absolute Gasteiger partial charge is 0.481 e. The molecule has 3 aromatic carbocycles. The SMILES string of the molecule is O=C(O)C(F)(F)F.O=C(O)CC(NC(=O)[C@@H](CSCc1ccccc1)NC(=O)CCCCNc1ccccn1)c1ccc(-c2ccccc2)cc1. The third kappa shape index (κ3) is 15.4. The van der Waals surface area contributed by atoms with Crippen LogP contribution >= 0.6 is 11.8 Å². The van der Waals surface area contributed by atoms with E-state index in [0.29, 0.717) is 30.0 Å². The molecule has 0 spiro atoms. The number of carboxylic acid groups (broad SMARTS) is 2. The first-order chi connectivity index (χ1) is 24.4. The van der Waals surface area contributed by atoms with Gasteiger partial charge in [0.25, 0.3) is 0 Å². The Morgan fingerprint density at radius 3 is 1.96 bits per heavy atom. The van der Waals surface area contributed by atoms with Crippen molar-refractivity contribution in [2.45, 2.75) is 49.7 Å². The number of carboxylic acids is 2. The molecule has 1 heterocycles. The second-order valence-corrected chi connectivity index (χ2v) is 12.2. The van der Waals surface area contributed by atoms with Crippen molar-refractivity contribution in [3.8, 4) is 11.1 Å². The number of nitrogens with zero attached hydrogens (tertiary/aromatic N) is 1. The molecule has 0 aliphatic carbocycles. The van der Waals surface area contributed by atoms with E-state index in [1.807, 2.05) is 103 Å². The molecule has 0 aliphatic rings. The van der Waals surface area contributed by atoms with Gasteiger partial charge in [-0.15, -0.1) is 0 Å². The van der Waals surface area contributed by atoms with Crippen molar-refractivity contribution in [3.63, 3.8) is 0 Å². The van der Waals surface area contributed by atoms with Gasteiger partial charge in [0.2, 0.25) is 11.8 Å². The number of alkyl halides is 3. The number of unbranched alkanes of at least 4 members (excludes halogenated alkanes) is 1. The van der Waals surface area contributed by atoms with Crippen molar-refractivity contribution < 1.29 is 42.6 Å². The van der Waals surface area contributed by atoms with Crippen LogP contribution in [-0.2, 0) is 24.9 Å². The summed E-state index contributed by atoms with van der Waals surface area (Å²) in [5.74, 6) is -2.60. The van der Waals surface area contributed by atoms with Crippen LogP contribution in [-0.4, -0.2) is 63.5 Å². The molecule has 0 saturated carbocycles. The summed E-state index contributed by atoms with van der Waals surface area (Å²) in [4.78, 5) is 51.3. The zero-order chi connectivity index (χ0) is 37.1. The predicted molar refractivity (Wildman–Crippen MR) is 190 cm³/mol. The first-order valence-electron chi connectivity index (χ1n) is 16.0. The summed E-state index contributed by atoms with van der Waals surface area (Å²) in [6.07, 6.45) is -1.96. The third-order valence-electron chi connectivity index (χ3n) is 7.21. The highest BCUT2D eigenvalue weighted by Gasteiger charge is 2.38. The highest BCUT2D eigenvalue weighted by atomic mass is 32.2. The number of anilines is 1. The zero-order valence-electron chi connectivity index (χ0n) is 27.5. The number of hydrogen-bond donors (Lipinski definition) is 5. The average Bonchev–Trinajstić information content (AvgIpc) is 3.12. The second-order valence-electron chi connectivity index (χ2n) is 11.2. The van der Waals surface area contributed by atoms with Crippen LogP contribution in [0.4, 0.5) is 19.0 Å². The van der Waals surface area contributed by atoms with E-state index in [-0.39, 0.29) is 18.7 Å². The highest BCUT2D eigenvalue weighted by Crippen LogP contribution is 2.24. The molecule has 1 aromatic heterocycles. The molecule has 14 heteroatoms. The summed E-state index contributed by atoms with van der Waals surface area (Å²) in [5.41, 5.74) is 3.84. The number of nitrogens with one attached hydrogen (secondary N) is 3. The Balaban J connectivity index is 0.000000908. The summed E-state index contributed by atoms with van der Waals surface area (Å²) in [6, 6.07) is 31.4. The summed E-state index contributed by atoms with van der Waals surface area (Å²) >= 11 is 1.54. The molecule has 270 valence electrons. The van der Waals surface area contributed by atoms with Crippen molar-refractivity contribution in [1.82, 2.24) is 15.6 Å². The lowest BCUT2D eigenvalue weighted by Gasteiger charge is -2.23. The van der Waals surface area contributed by atoms with E-state index >= 15 is 0 Å². The first-order valence-corrected chi connectivity index (χ1v) is 17.1. The van der Waals surface area contributed by atoms with Crippen LogP contribution in [0, 0.1) is 0 Å². The quantitative estimate of drug-likeness (QED) is 0.0747. The number of halogens is 3. The Hall–Kier alpha value is -5.37. The van der Waals surface area contributed by atoms with Gasteiger partial charge >= 0.3 is 18.1 Å². The molecule has 0 radical (unpaired) electrons. The Bertz CT molecular complexity index is 1670. The van der Waals surface area contributed by atoms with Gasteiger partial charge in [-0.3, -0.25) is 14.4 Å². The summed E-state index contributed by atoms with van der Waals surface area (Å²) in [7, 11) is 0. The fourth-order valence-corrected chi connectivity index (χ4v) is 5.67. The molecule has 0 saturated heterocycles. The maximum atomic E-state index is 13.6. The number of pyridine rings is 1. The normalized spacial score (nSPS) is 12.0. The lowest BCUT2D eigenvalue weighted by atomic mass is 9.99. The molecule has 0 fully saturated rings. The molecule has 51 heavy (non-hydrogen) atoms. The van der Waals surface area contributed by atoms with Crippen molar-refractivity contribution in [1.29, 1.82) is 0 Å². The summed E-state index contributed by atoms with van der Waals surface area (Å²) < 4.78 is 31.7. The molecule has 4 aromatic rings. The minimum Gasteiger partial charge on any atom is -0.481 e. The number of carbonyl (C=O) groups is 4. The van der Waals surface area contributed by atoms with E-state index in [1.54, 1.807) is 18.0 Å². The average molecular weight is 725 g/mol. The maximum Gasteiger partial charge on any atom is 0.490 e. The van der Waals surface area contributed by atoms with Crippen molar-refractivity contribution in [2.24, 2.45) is 0 Å². The number of aromatic nitrogens is 1. The van der Waals surface area contributed by atoms with E-state index in [4.69, 9.17) is 9.90 Å². The number of rotatable bonds is 17. The second kappa shape index (κ2) is 21.0. The number of hydrogen-bond acceptors (Lipinski definition) is 7. The third-order valence-corrected chi connectivity index (χ3v) is 8.31. The number of thioether (sulfide) groups is 1. The molecule has 0 aliphatic heterocycles. The number of amides is 2. The number of benzene rings is 3. The molecular weight excluding hydrogens is 685 g/mol. The predicted octanol–water partition coefficient (Wildman–Crippen LogP) is 6.71. The van der Waals surface area contributed by atoms with Gasteiger partial charge in [0.1, 0.15) is 11.9 Å². The fourth-order valence-electron chi connectivity index (χ4n) is 4.65. The van der Waals surface area contributed by atoms with Crippen molar-refractivity contribution in [3.05, 3.63) is 120 Å². The van der Waals surface area contributed by atoms with E-state index < -0.39 is 36.1 Å². The van der Waals surface area contributed by atoms with Gasteiger partial charge in [-0.2, -0.15) is 24.9 Å². The summed E-state index contributed by atoms with van der Waals surface area (Å²) in [6.45, 7) is 0.682. The Labute approximate surface area is 297 Å². The lowest BCUT2D eigenvalue weighted by molar-refractivity contribution is -0.192. The van der Waals surface area contributed by atoms with Gasteiger partial charge in [0, 0.05) is 30.7 Å². The van der Waals surface area contributed by atoms with Gasteiger partial charge < -0.3 is 26.2 Å². The Morgan fingerprint density at radius 1 is 0.765 bits per heavy atom. The molecule has 5 N–H and O–H groups in total. The summed E-state index contributed by atoms with van der Waals surface area (Å²) in [5, 5.41) is 25.8. The van der Waals surface area contributed by atoms with Gasteiger partial charge in [0.05, 0.1) is 12.5 Å². The van der Waals surface area contributed by atoms with Crippen LogP contribution in [0.25, 0.3) is 11.1 Å². The highest BCUT2D eigenvalue weighted by molar-refractivity contribution is 7.98. The minimum absolute atomic E-state index is 0.217. The van der Waals surface area contributed by atoms with Crippen molar-refractivity contribution in [2.75, 3.05) is 17.6 Å². The van der Waals surface area contributed by atoms with Crippen LogP contribution in [0.2, 0.25) is 0 Å². The van der Waals surface area contributed by atoms with Crippen LogP contribution in [0.5, 0.6) is 0 Å². The first kappa shape index (κ1) is 40.1. The molecule has 0 bridgehead atoms. The van der Waals surface area contributed by atoms with E-state index in [9.17, 15) is 32.7 Å². The van der Waals surface area contributed by atoms with E-state index in [0.717, 1.165) is 28.9 Å². The van der Waals surface area contributed by atoms with E-state index in [2.05, 4.69) is 20.9 Å². The van der Waals surface area contributed by atoms with Crippen LogP contribution < -0.4 is 16.0 Å². The van der Waals surface area contributed by atoms with Gasteiger partial charge in [0.15, 0.2) is 0 Å². The minimum atomic E-state index is -5.08. The Morgan fingerprint density at radius 2 is 1.37 bits per heavy atom. The molecule has 1 unspecified atom stereocenters. The van der Waals surface area contributed by atoms with E-state index in [1.165, 1.54) is 0 Å². The van der Waals surface area contributed by atoms with Gasteiger partial charge in [-0.25, -0.2) is 9.78 Å². The van der Waals surface area contributed by atoms with Crippen LogP contribution in [0.15, 0.2) is 109 Å². The van der Waals surface area contributed by atoms with Gasteiger partial charge in [-0.05, 0) is 47.2 Å². The standard InChI is InChI=1S/C35H38N4O4S.C2HF3O2/c40-33(16-8-10-22-37-32-15-7-9-21-36-32)38-31(25-44-24-26-11-3-1-4-12-26)35(43)39-30(23-34(41)42)29-19-17-28(18-20-29)27-13-5-2-6-14-27;3-2(4,5)1(6)7/h1-7,9,11-15,17-21,30-31H,8,10,16,22-25H2,(H,36,37)(H,38,40)(H,39,43)(H,41,42);(H,6,7)/t30?,31-;/m1./s1. The Kier molecular flexibility index (Phi) is 16.5. The maximum absolute atomic E-state index is 13.6. The molecule has 2 amide bonds. The monoisotopic (exact) mass is 724 g/mol. The molecular formula is C37H39F3N4O6S.